The number of rotatable bonds is 3. The molecular weight excluding hydrogens is 248 g/mol. The van der Waals surface area contributed by atoms with E-state index in [0.717, 1.165) is 12.8 Å². The number of carboxylic acid groups (broad SMARTS) is 1. The minimum Gasteiger partial charge on any atom is -0.465 e. The summed E-state index contributed by atoms with van der Waals surface area (Å²) in [5, 5.41) is 11.7. The SMILES string of the molecule is O=C(NCC1CCN(C(=O)O)CC1)c1cncnc1. The Morgan fingerprint density at radius 1 is 1.32 bits per heavy atom. The van der Waals surface area contributed by atoms with E-state index < -0.39 is 6.09 Å². The maximum Gasteiger partial charge on any atom is 0.407 e. The first-order valence-electron chi connectivity index (χ1n) is 6.18. The quantitative estimate of drug-likeness (QED) is 0.833. The molecule has 0 atom stereocenters. The van der Waals surface area contributed by atoms with Gasteiger partial charge in [0.1, 0.15) is 6.33 Å². The predicted octanol–water partition coefficient (Wildman–Crippen LogP) is 0.596. The molecule has 0 unspecified atom stereocenters. The van der Waals surface area contributed by atoms with E-state index in [1.807, 2.05) is 0 Å². The van der Waals surface area contributed by atoms with Gasteiger partial charge >= 0.3 is 6.09 Å². The van der Waals surface area contributed by atoms with E-state index >= 15 is 0 Å². The molecule has 1 aliphatic heterocycles. The van der Waals surface area contributed by atoms with Gasteiger partial charge in [-0.05, 0) is 18.8 Å². The van der Waals surface area contributed by atoms with E-state index in [9.17, 15) is 9.59 Å². The fourth-order valence-electron chi connectivity index (χ4n) is 2.08. The van der Waals surface area contributed by atoms with E-state index in [2.05, 4.69) is 15.3 Å². The molecule has 1 aliphatic rings. The lowest BCUT2D eigenvalue weighted by molar-refractivity contribution is 0.0928. The van der Waals surface area contributed by atoms with Gasteiger partial charge in [0.15, 0.2) is 0 Å². The van der Waals surface area contributed by atoms with Crippen LogP contribution in [-0.2, 0) is 0 Å². The third-order valence-electron chi connectivity index (χ3n) is 3.26. The first-order chi connectivity index (χ1) is 9.16. The second-order valence-electron chi connectivity index (χ2n) is 4.55. The van der Waals surface area contributed by atoms with Crippen molar-refractivity contribution in [1.82, 2.24) is 20.2 Å². The zero-order valence-electron chi connectivity index (χ0n) is 10.5. The van der Waals surface area contributed by atoms with Gasteiger partial charge in [-0.15, -0.1) is 0 Å². The summed E-state index contributed by atoms with van der Waals surface area (Å²) in [5.41, 5.74) is 0.436. The van der Waals surface area contributed by atoms with Crippen molar-refractivity contribution < 1.29 is 14.7 Å². The van der Waals surface area contributed by atoms with Crippen LogP contribution in [0.15, 0.2) is 18.7 Å². The van der Waals surface area contributed by atoms with E-state index in [0.29, 0.717) is 31.1 Å². The Labute approximate surface area is 110 Å². The van der Waals surface area contributed by atoms with Crippen LogP contribution in [-0.4, -0.2) is 51.6 Å². The molecule has 2 amide bonds. The number of nitrogens with one attached hydrogen (secondary N) is 1. The monoisotopic (exact) mass is 264 g/mol. The second kappa shape index (κ2) is 6.12. The van der Waals surface area contributed by atoms with Crippen LogP contribution in [0.5, 0.6) is 0 Å². The molecule has 2 heterocycles. The number of carbonyl (C=O) groups is 2. The Morgan fingerprint density at radius 2 is 1.95 bits per heavy atom. The van der Waals surface area contributed by atoms with Gasteiger partial charge in [-0.3, -0.25) is 4.79 Å². The summed E-state index contributed by atoms with van der Waals surface area (Å²) >= 11 is 0. The van der Waals surface area contributed by atoms with Gasteiger partial charge in [-0.25, -0.2) is 14.8 Å². The number of likely N-dealkylation sites (tertiary alicyclic amines) is 1. The Kier molecular flexibility index (Phi) is 4.27. The molecule has 0 aliphatic carbocycles. The average Bonchev–Trinajstić information content (AvgIpc) is 2.46. The van der Waals surface area contributed by atoms with Gasteiger partial charge in [0.2, 0.25) is 0 Å². The van der Waals surface area contributed by atoms with Crippen molar-refractivity contribution in [2.75, 3.05) is 19.6 Å². The van der Waals surface area contributed by atoms with Crippen LogP contribution in [0, 0.1) is 5.92 Å². The smallest absolute Gasteiger partial charge is 0.407 e. The zero-order chi connectivity index (χ0) is 13.7. The Bertz CT molecular complexity index is 444. The summed E-state index contributed by atoms with van der Waals surface area (Å²) in [7, 11) is 0. The largest absolute Gasteiger partial charge is 0.465 e. The minimum absolute atomic E-state index is 0.193. The van der Waals surface area contributed by atoms with Crippen LogP contribution in [0.4, 0.5) is 4.79 Å². The summed E-state index contributed by atoms with van der Waals surface area (Å²) in [6, 6.07) is 0. The number of hydrogen-bond donors (Lipinski definition) is 2. The van der Waals surface area contributed by atoms with E-state index in [4.69, 9.17) is 5.11 Å². The maximum absolute atomic E-state index is 11.8. The number of amides is 2. The second-order valence-corrected chi connectivity index (χ2v) is 4.55. The Morgan fingerprint density at radius 3 is 2.53 bits per heavy atom. The highest BCUT2D eigenvalue weighted by atomic mass is 16.4. The average molecular weight is 264 g/mol. The molecule has 1 aromatic heterocycles. The Balaban J connectivity index is 1.75. The highest BCUT2D eigenvalue weighted by Crippen LogP contribution is 2.16. The molecule has 2 rings (SSSR count). The summed E-state index contributed by atoms with van der Waals surface area (Å²) in [4.78, 5) is 31.5. The number of nitrogens with zero attached hydrogens (tertiary/aromatic N) is 3. The fraction of sp³-hybridized carbons (Fsp3) is 0.500. The molecule has 1 aromatic rings. The first-order valence-corrected chi connectivity index (χ1v) is 6.18. The summed E-state index contributed by atoms with van der Waals surface area (Å²) in [6.45, 7) is 1.62. The van der Waals surface area contributed by atoms with Crippen molar-refractivity contribution in [2.24, 2.45) is 5.92 Å². The van der Waals surface area contributed by atoms with Crippen molar-refractivity contribution in [3.8, 4) is 0 Å². The van der Waals surface area contributed by atoms with Gasteiger partial charge in [0, 0.05) is 32.0 Å². The highest BCUT2D eigenvalue weighted by molar-refractivity contribution is 5.93. The fourth-order valence-corrected chi connectivity index (χ4v) is 2.08. The summed E-state index contributed by atoms with van der Waals surface area (Å²) in [5.74, 6) is 0.130. The van der Waals surface area contributed by atoms with Crippen LogP contribution in [0.25, 0.3) is 0 Å². The molecule has 7 nitrogen and oxygen atoms in total. The normalized spacial score (nSPS) is 16.1. The minimum atomic E-state index is -0.871. The number of piperidine rings is 1. The first kappa shape index (κ1) is 13.3. The van der Waals surface area contributed by atoms with Gasteiger partial charge in [-0.2, -0.15) is 0 Å². The lowest BCUT2D eigenvalue weighted by Gasteiger charge is -2.29. The lowest BCUT2D eigenvalue weighted by Crippen LogP contribution is -2.40. The molecule has 0 aromatic carbocycles. The van der Waals surface area contributed by atoms with Crippen LogP contribution in [0.3, 0.4) is 0 Å². The molecule has 2 N–H and O–H groups in total. The molecule has 0 spiro atoms. The molecule has 19 heavy (non-hydrogen) atoms. The van der Waals surface area contributed by atoms with E-state index in [1.54, 1.807) is 0 Å². The van der Waals surface area contributed by atoms with Crippen LogP contribution >= 0.6 is 0 Å². The van der Waals surface area contributed by atoms with Gasteiger partial charge in [0.25, 0.3) is 5.91 Å². The zero-order valence-corrected chi connectivity index (χ0v) is 10.5. The van der Waals surface area contributed by atoms with Crippen molar-refractivity contribution in [2.45, 2.75) is 12.8 Å². The standard InChI is InChI=1S/C12H16N4O3/c17-11(10-6-13-8-14-7-10)15-5-9-1-3-16(4-2-9)12(18)19/h6-9H,1-5H2,(H,15,17)(H,18,19). The van der Waals surface area contributed by atoms with Crippen LogP contribution in [0.1, 0.15) is 23.2 Å². The number of aromatic nitrogens is 2. The molecule has 0 bridgehead atoms. The van der Waals surface area contributed by atoms with Crippen molar-refractivity contribution in [3.05, 3.63) is 24.3 Å². The highest BCUT2D eigenvalue weighted by Gasteiger charge is 2.22. The van der Waals surface area contributed by atoms with Gasteiger partial charge in [0.05, 0.1) is 5.56 Å². The number of hydrogen-bond acceptors (Lipinski definition) is 4. The van der Waals surface area contributed by atoms with Gasteiger partial charge in [-0.1, -0.05) is 0 Å². The van der Waals surface area contributed by atoms with Crippen molar-refractivity contribution in [1.29, 1.82) is 0 Å². The molecule has 0 saturated carbocycles. The topological polar surface area (TPSA) is 95.4 Å². The van der Waals surface area contributed by atoms with E-state index in [-0.39, 0.29) is 5.91 Å². The van der Waals surface area contributed by atoms with Gasteiger partial charge < -0.3 is 15.3 Å². The molecule has 1 saturated heterocycles. The third-order valence-corrected chi connectivity index (χ3v) is 3.26. The summed E-state index contributed by atoms with van der Waals surface area (Å²) in [6.07, 6.45) is 4.99. The summed E-state index contributed by atoms with van der Waals surface area (Å²) < 4.78 is 0. The molecule has 7 heteroatoms. The maximum atomic E-state index is 11.8. The van der Waals surface area contributed by atoms with Crippen molar-refractivity contribution >= 4 is 12.0 Å². The number of carbonyl (C=O) groups excluding carboxylic acids is 1. The Hall–Kier alpha value is -2.18. The molecular formula is C12H16N4O3. The molecule has 0 radical (unpaired) electrons. The van der Waals surface area contributed by atoms with E-state index in [1.165, 1.54) is 23.6 Å². The lowest BCUT2D eigenvalue weighted by atomic mass is 9.97. The van der Waals surface area contributed by atoms with Crippen molar-refractivity contribution in [3.63, 3.8) is 0 Å². The third kappa shape index (κ3) is 3.64. The van der Waals surface area contributed by atoms with Crippen LogP contribution in [0.2, 0.25) is 0 Å². The van der Waals surface area contributed by atoms with Crippen LogP contribution < -0.4 is 5.32 Å². The predicted molar refractivity (Wildman–Crippen MR) is 66.7 cm³/mol. The molecule has 1 fully saturated rings. The molecule has 102 valence electrons.